The third-order valence-electron chi connectivity index (χ3n) is 4.71. The minimum Gasteiger partial charge on any atom is -0.346 e. The van der Waals surface area contributed by atoms with Crippen LogP contribution in [0.5, 0.6) is 0 Å². The van der Waals surface area contributed by atoms with Crippen LogP contribution in [0.4, 0.5) is 4.39 Å². The topological polar surface area (TPSA) is 61.0 Å². The molecule has 6 heteroatoms. The molecule has 4 heterocycles. The number of aromatic amines is 1. The fourth-order valence-corrected chi connectivity index (χ4v) is 3.52. The Labute approximate surface area is 121 Å². The van der Waals surface area contributed by atoms with Crippen LogP contribution in [-0.4, -0.2) is 46.7 Å². The molecule has 5 nitrogen and oxygen atoms in total. The Morgan fingerprint density at radius 2 is 2.19 bits per heavy atom. The summed E-state index contributed by atoms with van der Waals surface area (Å²) >= 11 is 0. The molecule has 3 saturated heterocycles. The number of hydrogen-bond acceptors (Lipinski definition) is 3. The first-order valence-electron chi connectivity index (χ1n) is 7.37. The molecule has 1 amide bonds. The van der Waals surface area contributed by atoms with Gasteiger partial charge in [0.2, 0.25) is 0 Å². The number of amides is 1. The average Bonchev–Trinajstić information content (AvgIpc) is 2.91. The van der Waals surface area contributed by atoms with Gasteiger partial charge in [-0.2, -0.15) is 5.10 Å². The second-order valence-electron chi connectivity index (χ2n) is 5.98. The highest BCUT2D eigenvalue weighted by atomic mass is 19.1. The van der Waals surface area contributed by atoms with E-state index in [0.29, 0.717) is 16.8 Å². The third kappa shape index (κ3) is 2.19. The highest BCUT2D eigenvalue weighted by Crippen LogP contribution is 2.28. The molecule has 3 aliphatic heterocycles. The molecule has 5 rings (SSSR count). The van der Waals surface area contributed by atoms with Crippen molar-refractivity contribution >= 4 is 16.8 Å². The Morgan fingerprint density at radius 3 is 2.90 bits per heavy atom. The van der Waals surface area contributed by atoms with Crippen LogP contribution < -0.4 is 5.32 Å². The standard InChI is InChI=1S/C15H17FN4O/c16-10-1-2-12-11(7-10)14(19-18-12)15(21)17-13-8-20-5-3-9(13)4-6-20/h1-2,7,9,13H,3-6,8H2,(H,17,21)(H,18,19)/t13-/m1/s1. The highest BCUT2D eigenvalue weighted by Gasteiger charge is 2.35. The van der Waals surface area contributed by atoms with E-state index >= 15 is 0 Å². The summed E-state index contributed by atoms with van der Waals surface area (Å²) < 4.78 is 13.4. The van der Waals surface area contributed by atoms with Crippen LogP contribution in [0.25, 0.3) is 10.9 Å². The lowest BCUT2D eigenvalue weighted by atomic mass is 9.84. The Kier molecular flexibility index (Phi) is 2.92. The molecule has 1 aromatic carbocycles. The lowest BCUT2D eigenvalue weighted by Crippen LogP contribution is -2.57. The summed E-state index contributed by atoms with van der Waals surface area (Å²) in [6, 6.07) is 4.49. The number of rotatable bonds is 2. The van der Waals surface area contributed by atoms with Gasteiger partial charge in [0, 0.05) is 18.0 Å². The van der Waals surface area contributed by atoms with Gasteiger partial charge in [-0.1, -0.05) is 0 Å². The summed E-state index contributed by atoms with van der Waals surface area (Å²) in [6.45, 7) is 3.17. The number of benzene rings is 1. The monoisotopic (exact) mass is 288 g/mol. The molecule has 2 bridgehead atoms. The summed E-state index contributed by atoms with van der Waals surface area (Å²) in [6.07, 6.45) is 2.28. The van der Waals surface area contributed by atoms with E-state index in [9.17, 15) is 9.18 Å². The SMILES string of the molecule is O=C(N[C@@H]1CN2CCC1CC2)c1n[nH]c2ccc(F)cc12. The quantitative estimate of drug-likeness (QED) is 0.881. The lowest BCUT2D eigenvalue weighted by Gasteiger charge is -2.44. The molecule has 0 unspecified atom stereocenters. The van der Waals surface area contributed by atoms with Crippen molar-refractivity contribution in [3.05, 3.63) is 29.7 Å². The number of carbonyl (C=O) groups excluding carboxylic acids is 1. The zero-order valence-electron chi connectivity index (χ0n) is 11.6. The van der Waals surface area contributed by atoms with Gasteiger partial charge in [-0.25, -0.2) is 4.39 Å². The minimum atomic E-state index is -0.360. The second-order valence-corrected chi connectivity index (χ2v) is 5.98. The predicted molar refractivity (Wildman–Crippen MR) is 76.5 cm³/mol. The lowest BCUT2D eigenvalue weighted by molar-refractivity contribution is 0.0618. The Morgan fingerprint density at radius 1 is 1.38 bits per heavy atom. The number of nitrogens with zero attached hydrogens (tertiary/aromatic N) is 2. The molecule has 2 aromatic rings. The van der Waals surface area contributed by atoms with Crippen molar-refractivity contribution in [2.45, 2.75) is 18.9 Å². The highest BCUT2D eigenvalue weighted by molar-refractivity contribution is 6.04. The van der Waals surface area contributed by atoms with E-state index in [1.54, 1.807) is 6.07 Å². The fourth-order valence-electron chi connectivity index (χ4n) is 3.52. The summed E-state index contributed by atoms with van der Waals surface area (Å²) in [5, 5.41) is 10.4. The molecule has 3 fully saturated rings. The number of aromatic nitrogens is 2. The van der Waals surface area contributed by atoms with Crippen molar-refractivity contribution in [3.8, 4) is 0 Å². The van der Waals surface area contributed by atoms with Crippen molar-refractivity contribution in [1.82, 2.24) is 20.4 Å². The van der Waals surface area contributed by atoms with Crippen LogP contribution in [0.2, 0.25) is 0 Å². The molecule has 2 N–H and O–H groups in total. The van der Waals surface area contributed by atoms with Gasteiger partial charge in [-0.3, -0.25) is 9.89 Å². The summed E-state index contributed by atoms with van der Waals surface area (Å²) in [5.41, 5.74) is 0.955. The Hall–Kier alpha value is -1.95. The molecule has 0 radical (unpaired) electrons. The van der Waals surface area contributed by atoms with Gasteiger partial charge < -0.3 is 10.2 Å². The van der Waals surface area contributed by atoms with E-state index in [0.717, 1.165) is 32.5 Å². The first-order valence-corrected chi connectivity index (χ1v) is 7.37. The molecular weight excluding hydrogens is 271 g/mol. The summed E-state index contributed by atoms with van der Waals surface area (Å²) in [7, 11) is 0. The second kappa shape index (κ2) is 4.80. The van der Waals surface area contributed by atoms with E-state index in [1.165, 1.54) is 12.1 Å². The molecule has 0 spiro atoms. The largest absolute Gasteiger partial charge is 0.346 e. The van der Waals surface area contributed by atoms with Crippen LogP contribution in [0.1, 0.15) is 23.3 Å². The predicted octanol–water partition coefficient (Wildman–Crippen LogP) is 1.53. The van der Waals surface area contributed by atoms with Gasteiger partial charge >= 0.3 is 0 Å². The van der Waals surface area contributed by atoms with Crippen LogP contribution in [0, 0.1) is 11.7 Å². The first kappa shape index (κ1) is 12.8. The molecular formula is C15H17FN4O. The number of hydrogen-bond donors (Lipinski definition) is 2. The van der Waals surface area contributed by atoms with Crippen LogP contribution >= 0.6 is 0 Å². The van der Waals surface area contributed by atoms with Gasteiger partial charge in [0.05, 0.1) is 5.52 Å². The van der Waals surface area contributed by atoms with Gasteiger partial charge in [0.25, 0.3) is 5.91 Å². The van der Waals surface area contributed by atoms with Crippen molar-refractivity contribution in [1.29, 1.82) is 0 Å². The van der Waals surface area contributed by atoms with Gasteiger partial charge in [-0.15, -0.1) is 0 Å². The maximum Gasteiger partial charge on any atom is 0.272 e. The molecule has 1 aromatic heterocycles. The fraction of sp³-hybridized carbons (Fsp3) is 0.467. The van der Waals surface area contributed by atoms with E-state index in [1.807, 2.05) is 0 Å². The van der Waals surface area contributed by atoms with Crippen molar-refractivity contribution in [3.63, 3.8) is 0 Å². The van der Waals surface area contributed by atoms with E-state index < -0.39 is 0 Å². The maximum absolute atomic E-state index is 13.4. The third-order valence-corrected chi connectivity index (χ3v) is 4.71. The Bertz CT molecular complexity index is 690. The van der Waals surface area contributed by atoms with E-state index in [4.69, 9.17) is 0 Å². The van der Waals surface area contributed by atoms with Crippen molar-refractivity contribution < 1.29 is 9.18 Å². The van der Waals surface area contributed by atoms with Crippen LogP contribution in [0.15, 0.2) is 18.2 Å². The number of halogens is 1. The van der Waals surface area contributed by atoms with Crippen LogP contribution in [-0.2, 0) is 0 Å². The van der Waals surface area contributed by atoms with Gasteiger partial charge in [-0.05, 0) is 50.0 Å². The zero-order chi connectivity index (χ0) is 14.4. The number of piperidine rings is 3. The average molecular weight is 288 g/mol. The van der Waals surface area contributed by atoms with Gasteiger partial charge in [0.15, 0.2) is 5.69 Å². The van der Waals surface area contributed by atoms with E-state index in [2.05, 4.69) is 20.4 Å². The summed E-state index contributed by atoms with van der Waals surface area (Å²) in [5.74, 6) is -0.0210. The molecule has 1 atom stereocenters. The number of carbonyl (C=O) groups is 1. The zero-order valence-corrected chi connectivity index (χ0v) is 11.6. The molecule has 21 heavy (non-hydrogen) atoms. The number of H-pyrrole nitrogens is 1. The van der Waals surface area contributed by atoms with E-state index in [-0.39, 0.29) is 23.5 Å². The smallest absolute Gasteiger partial charge is 0.272 e. The van der Waals surface area contributed by atoms with Crippen molar-refractivity contribution in [2.24, 2.45) is 5.92 Å². The number of nitrogens with one attached hydrogen (secondary N) is 2. The van der Waals surface area contributed by atoms with Gasteiger partial charge in [0.1, 0.15) is 5.82 Å². The van der Waals surface area contributed by atoms with Crippen molar-refractivity contribution in [2.75, 3.05) is 19.6 Å². The normalized spacial score (nSPS) is 28.0. The molecule has 110 valence electrons. The molecule has 0 aliphatic carbocycles. The first-order chi connectivity index (χ1) is 10.2. The minimum absolute atomic E-state index is 0.181. The maximum atomic E-state index is 13.4. The summed E-state index contributed by atoms with van der Waals surface area (Å²) in [4.78, 5) is 14.8. The molecule has 3 aliphatic rings. The molecule has 0 saturated carbocycles. The van der Waals surface area contributed by atoms with Crippen LogP contribution in [0.3, 0.4) is 0 Å². The number of fused-ring (bicyclic) bond motifs is 4. The Balaban J connectivity index is 1.57.